The van der Waals surface area contributed by atoms with Gasteiger partial charge in [-0.1, -0.05) is 26.0 Å². The minimum atomic E-state index is -3.66. The van der Waals surface area contributed by atoms with Gasteiger partial charge in [-0.15, -0.1) is 0 Å². The minimum Gasteiger partial charge on any atom is -0.341 e. The van der Waals surface area contributed by atoms with Gasteiger partial charge in [-0.3, -0.25) is 14.7 Å². The SMILES string of the molecule is Cc1cnc2c(S(=O)(=O)N3CCN([C@H](C)C(=O)N4C[C@H](C)C[C@@H](C)C4)CC3)cccc2c1. The monoisotopic (exact) mass is 458 g/mol. The molecule has 174 valence electrons. The number of aromatic nitrogens is 1. The van der Waals surface area contributed by atoms with E-state index in [9.17, 15) is 13.2 Å². The van der Waals surface area contributed by atoms with E-state index in [0.717, 1.165) is 30.5 Å². The molecule has 1 aromatic heterocycles. The lowest BCUT2D eigenvalue weighted by Crippen LogP contribution is -2.56. The number of aryl methyl sites for hydroxylation is 1. The number of likely N-dealkylation sites (tertiary alicyclic amines) is 1. The largest absolute Gasteiger partial charge is 0.341 e. The van der Waals surface area contributed by atoms with Crippen LogP contribution in [0.1, 0.15) is 32.8 Å². The number of carbonyl (C=O) groups is 1. The van der Waals surface area contributed by atoms with Crippen molar-refractivity contribution in [3.63, 3.8) is 0 Å². The molecule has 1 amide bonds. The standard InChI is InChI=1S/C24H34N4O3S/c1-17-13-21-6-5-7-22(23(21)25-14-17)32(30,31)28-10-8-26(9-11-28)20(4)24(29)27-15-18(2)12-19(3)16-27/h5-7,13-14,18-20H,8-12,15-16H2,1-4H3/t18-,19-,20-/m1/s1. The zero-order valence-corrected chi connectivity index (χ0v) is 20.3. The number of amides is 1. The van der Waals surface area contributed by atoms with E-state index in [0.29, 0.717) is 43.5 Å². The summed E-state index contributed by atoms with van der Waals surface area (Å²) >= 11 is 0. The van der Waals surface area contributed by atoms with Gasteiger partial charge in [0, 0.05) is 50.9 Å². The summed E-state index contributed by atoms with van der Waals surface area (Å²) in [5.41, 5.74) is 1.51. The molecule has 0 N–H and O–H groups in total. The Morgan fingerprint density at radius 1 is 1.09 bits per heavy atom. The predicted molar refractivity (Wildman–Crippen MR) is 126 cm³/mol. The molecule has 7 nitrogen and oxygen atoms in total. The van der Waals surface area contributed by atoms with Gasteiger partial charge < -0.3 is 4.90 Å². The van der Waals surface area contributed by atoms with Crippen LogP contribution in [0.3, 0.4) is 0 Å². The Labute approximate surface area is 191 Å². The zero-order valence-electron chi connectivity index (χ0n) is 19.5. The number of carbonyl (C=O) groups excluding carboxylic acids is 1. The van der Waals surface area contributed by atoms with E-state index in [-0.39, 0.29) is 16.8 Å². The molecule has 2 fully saturated rings. The van der Waals surface area contributed by atoms with Crippen LogP contribution in [0.5, 0.6) is 0 Å². The van der Waals surface area contributed by atoms with Gasteiger partial charge in [-0.05, 0) is 49.8 Å². The summed E-state index contributed by atoms with van der Waals surface area (Å²) in [6, 6.07) is 7.02. The average molecular weight is 459 g/mol. The highest BCUT2D eigenvalue weighted by molar-refractivity contribution is 7.89. The maximum atomic E-state index is 13.4. The molecule has 0 bridgehead atoms. The number of fused-ring (bicyclic) bond motifs is 1. The molecule has 0 radical (unpaired) electrons. The number of nitrogens with zero attached hydrogens (tertiary/aromatic N) is 4. The molecule has 8 heteroatoms. The van der Waals surface area contributed by atoms with Crippen molar-refractivity contribution >= 4 is 26.8 Å². The number of sulfonamides is 1. The van der Waals surface area contributed by atoms with Gasteiger partial charge in [-0.2, -0.15) is 4.31 Å². The van der Waals surface area contributed by atoms with Gasteiger partial charge in [-0.25, -0.2) is 8.42 Å². The van der Waals surface area contributed by atoms with Crippen LogP contribution in [0.25, 0.3) is 10.9 Å². The molecule has 4 rings (SSSR count). The normalized spacial score (nSPS) is 24.6. The fourth-order valence-corrected chi connectivity index (χ4v) is 6.77. The molecule has 0 aliphatic carbocycles. The molecule has 2 saturated heterocycles. The molecule has 3 atom stereocenters. The summed E-state index contributed by atoms with van der Waals surface area (Å²) in [6.45, 7) is 11.8. The van der Waals surface area contributed by atoms with Gasteiger partial charge in [0.05, 0.1) is 11.6 Å². The van der Waals surface area contributed by atoms with Crippen molar-refractivity contribution in [1.29, 1.82) is 0 Å². The van der Waals surface area contributed by atoms with E-state index in [1.165, 1.54) is 4.31 Å². The lowest BCUT2D eigenvalue weighted by Gasteiger charge is -2.41. The third kappa shape index (κ3) is 4.54. The average Bonchev–Trinajstić information content (AvgIpc) is 2.76. The van der Waals surface area contributed by atoms with Crippen LogP contribution in [0.4, 0.5) is 0 Å². The van der Waals surface area contributed by atoms with E-state index >= 15 is 0 Å². The molecule has 3 heterocycles. The first-order valence-corrected chi connectivity index (χ1v) is 13.0. The van der Waals surface area contributed by atoms with Crippen LogP contribution < -0.4 is 0 Å². The Hall–Kier alpha value is -2.03. The Balaban J connectivity index is 1.45. The molecule has 32 heavy (non-hydrogen) atoms. The molecule has 0 unspecified atom stereocenters. The third-order valence-electron chi connectivity index (χ3n) is 6.79. The van der Waals surface area contributed by atoms with Crippen molar-refractivity contribution in [2.75, 3.05) is 39.3 Å². The second-order valence-electron chi connectivity index (χ2n) is 9.65. The molecular formula is C24H34N4O3S. The highest BCUT2D eigenvalue weighted by atomic mass is 32.2. The Kier molecular flexibility index (Phi) is 6.56. The lowest BCUT2D eigenvalue weighted by molar-refractivity contribution is -0.139. The summed E-state index contributed by atoms with van der Waals surface area (Å²) in [5, 5.41) is 0.828. The van der Waals surface area contributed by atoms with Crippen molar-refractivity contribution in [3.05, 3.63) is 36.0 Å². The maximum Gasteiger partial charge on any atom is 0.245 e. The third-order valence-corrected chi connectivity index (χ3v) is 8.72. The number of piperidine rings is 1. The number of para-hydroxylation sites is 1. The summed E-state index contributed by atoms with van der Waals surface area (Å²) < 4.78 is 28.3. The molecule has 0 saturated carbocycles. The Bertz CT molecular complexity index is 1090. The Morgan fingerprint density at radius 3 is 2.41 bits per heavy atom. The number of hydrogen-bond acceptors (Lipinski definition) is 5. The van der Waals surface area contributed by atoms with E-state index in [4.69, 9.17) is 0 Å². The topological polar surface area (TPSA) is 73.8 Å². The van der Waals surface area contributed by atoms with Crippen LogP contribution in [0.15, 0.2) is 35.4 Å². The number of pyridine rings is 1. The fraction of sp³-hybridized carbons (Fsp3) is 0.583. The molecular weight excluding hydrogens is 424 g/mol. The fourth-order valence-electron chi connectivity index (χ4n) is 5.18. The first-order chi connectivity index (χ1) is 15.2. The molecule has 1 aromatic carbocycles. The van der Waals surface area contributed by atoms with Crippen molar-refractivity contribution in [2.45, 2.75) is 45.1 Å². The first kappa shape index (κ1) is 23.1. The van der Waals surface area contributed by atoms with Crippen LogP contribution in [0, 0.1) is 18.8 Å². The van der Waals surface area contributed by atoms with Crippen LogP contribution in [0.2, 0.25) is 0 Å². The maximum absolute atomic E-state index is 13.4. The Morgan fingerprint density at radius 2 is 1.75 bits per heavy atom. The minimum absolute atomic E-state index is 0.160. The summed E-state index contributed by atoms with van der Waals surface area (Å²) in [7, 11) is -3.66. The van der Waals surface area contributed by atoms with E-state index in [1.807, 2.05) is 30.9 Å². The number of piperazine rings is 1. The molecule has 2 aliphatic rings. The highest BCUT2D eigenvalue weighted by Crippen LogP contribution is 2.26. The van der Waals surface area contributed by atoms with Crippen molar-refractivity contribution in [3.8, 4) is 0 Å². The van der Waals surface area contributed by atoms with E-state index in [1.54, 1.807) is 18.3 Å². The van der Waals surface area contributed by atoms with Gasteiger partial charge in [0.2, 0.25) is 15.9 Å². The van der Waals surface area contributed by atoms with Gasteiger partial charge in [0.1, 0.15) is 4.90 Å². The van der Waals surface area contributed by atoms with E-state index < -0.39 is 10.0 Å². The molecule has 2 aliphatic heterocycles. The van der Waals surface area contributed by atoms with Crippen molar-refractivity contribution in [1.82, 2.24) is 19.1 Å². The van der Waals surface area contributed by atoms with Gasteiger partial charge in [0.25, 0.3) is 0 Å². The molecule has 2 aromatic rings. The van der Waals surface area contributed by atoms with E-state index in [2.05, 4.69) is 23.7 Å². The van der Waals surface area contributed by atoms with Crippen molar-refractivity contribution in [2.24, 2.45) is 11.8 Å². The second kappa shape index (κ2) is 9.08. The zero-order chi connectivity index (χ0) is 23.0. The second-order valence-corrected chi connectivity index (χ2v) is 11.6. The smallest absolute Gasteiger partial charge is 0.245 e. The first-order valence-electron chi connectivity index (χ1n) is 11.5. The quantitative estimate of drug-likeness (QED) is 0.704. The predicted octanol–water partition coefficient (Wildman–Crippen LogP) is 2.74. The summed E-state index contributed by atoms with van der Waals surface area (Å²) in [6.07, 6.45) is 2.87. The van der Waals surface area contributed by atoms with Crippen LogP contribution in [-0.4, -0.2) is 78.7 Å². The van der Waals surface area contributed by atoms with Gasteiger partial charge >= 0.3 is 0 Å². The van der Waals surface area contributed by atoms with Gasteiger partial charge in [0.15, 0.2) is 0 Å². The summed E-state index contributed by atoms with van der Waals surface area (Å²) in [5.74, 6) is 1.21. The number of hydrogen-bond donors (Lipinski definition) is 0. The molecule has 0 spiro atoms. The van der Waals surface area contributed by atoms with Crippen LogP contribution >= 0.6 is 0 Å². The highest BCUT2D eigenvalue weighted by Gasteiger charge is 2.35. The number of rotatable bonds is 4. The van der Waals surface area contributed by atoms with Crippen molar-refractivity contribution < 1.29 is 13.2 Å². The lowest BCUT2D eigenvalue weighted by atomic mass is 9.91. The summed E-state index contributed by atoms with van der Waals surface area (Å²) in [4.78, 5) is 21.9. The number of benzene rings is 1. The van der Waals surface area contributed by atoms with Crippen LogP contribution in [-0.2, 0) is 14.8 Å².